The standard InChI is InChI=1S/C20H17FN2O2/c21-16-4-8-18-15(11-16)3-7-19(18)20(24)25-12-14-1-5-17(6-2-14)23-10-9-22-13-23/h1-2,4-6,8-11,13,19H,3,7,12H2. The van der Waals surface area contributed by atoms with Gasteiger partial charge in [-0.15, -0.1) is 0 Å². The Balaban J connectivity index is 1.40. The van der Waals surface area contributed by atoms with E-state index in [4.69, 9.17) is 4.74 Å². The summed E-state index contributed by atoms with van der Waals surface area (Å²) in [6.07, 6.45) is 6.72. The monoisotopic (exact) mass is 336 g/mol. The number of imidazole rings is 1. The SMILES string of the molecule is O=C(OCc1ccc(-n2ccnc2)cc1)C1CCc2cc(F)ccc21. The second kappa shape index (κ2) is 6.51. The van der Waals surface area contributed by atoms with Crippen molar-refractivity contribution in [1.29, 1.82) is 0 Å². The number of carbonyl (C=O) groups excluding carboxylic acids is 1. The molecule has 5 heteroatoms. The Bertz CT molecular complexity index is 889. The van der Waals surface area contributed by atoms with Crippen LogP contribution < -0.4 is 0 Å². The van der Waals surface area contributed by atoms with Crippen LogP contribution in [0.15, 0.2) is 61.2 Å². The number of esters is 1. The van der Waals surface area contributed by atoms with Gasteiger partial charge in [0.15, 0.2) is 0 Å². The molecule has 0 aliphatic heterocycles. The fraction of sp³-hybridized carbons (Fsp3) is 0.200. The van der Waals surface area contributed by atoms with Gasteiger partial charge in [0, 0.05) is 18.1 Å². The quantitative estimate of drug-likeness (QED) is 0.681. The van der Waals surface area contributed by atoms with E-state index in [0.29, 0.717) is 12.8 Å². The number of hydrogen-bond acceptors (Lipinski definition) is 3. The average Bonchev–Trinajstić information content (AvgIpc) is 3.29. The Morgan fingerprint density at radius 1 is 1.24 bits per heavy atom. The number of aryl methyl sites for hydroxylation is 1. The van der Waals surface area contributed by atoms with Gasteiger partial charge in [0.2, 0.25) is 0 Å². The van der Waals surface area contributed by atoms with Crippen molar-refractivity contribution < 1.29 is 13.9 Å². The van der Waals surface area contributed by atoms with Gasteiger partial charge >= 0.3 is 5.97 Å². The molecule has 0 fully saturated rings. The number of ether oxygens (including phenoxy) is 1. The molecule has 0 spiro atoms. The zero-order valence-electron chi connectivity index (χ0n) is 13.6. The highest BCUT2D eigenvalue weighted by atomic mass is 19.1. The molecule has 3 aromatic rings. The van der Waals surface area contributed by atoms with E-state index in [1.165, 1.54) is 12.1 Å². The maximum atomic E-state index is 13.3. The summed E-state index contributed by atoms with van der Waals surface area (Å²) in [5.41, 5.74) is 3.72. The molecule has 1 aliphatic rings. The van der Waals surface area contributed by atoms with E-state index in [2.05, 4.69) is 4.98 Å². The highest BCUT2D eigenvalue weighted by molar-refractivity contribution is 5.79. The number of hydrogen-bond donors (Lipinski definition) is 0. The smallest absolute Gasteiger partial charge is 0.313 e. The Morgan fingerprint density at radius 2 is 2.08 bits per heavy atom. The van der Waals surface area contributed by atoms with Crippen LogP contribution in [0, 0.1) is 5.82 Å². The summed E-state index contributed by atoms with van der Waals surface area (Å²) in [7, 11) is 0. The predicted molar refractivity (Wildman–Crippen MR) is 90.8 cm³/mol. The van der Waals surface area contributed by atoms with Crippen LogP contribution >= 0.6 is 0 Å². The van der Waals surface area contributed by atoms with E-state index in [9.17, 15) is 9.18 Å². The summed E-state index contributed by atoms with van der Waals surface area (Å²) in [6.45, 7) is 0.232. The van der Waals surface area contributed by atoms with Gasteiger partial charge in [0.05, 0.1) is 12.2 Å². The zero-order valence-corrected chi connectivity index (χ0v) is 13.6. The van der Waals surface area contributed by atoms with Gasteiger partial charge in [-0.3, -0.25) is 4.79 Å². The molecular formula is C20H17FN2O2. The molecule has 0 saturated heterocycles. The van der Waals surface area contributed by atoms with Crippen molar-refractivity contribution >= 4 is 5.97 Å². The first kappa shape index (κ1) is 15.6. The minimum atomic E-state index is -0.291. The van der Waals surface area contributed by atoms with Crippen LogP contribution in [-0.2, 0) is 22.6 Å². The molecule has 4 nitrogen and oxygen atoms in total. The molecule has 0 bridgehead atoms. The summed E-state index contributed by atoms with van der Waals surface area (Å²) in [6, 6.07) is 12.4. The molecule has 0 N–H and O–H groups in total. The largest absolute Gasteiger partial charge is 0.460 e. The molecule has 1 unspecified atom stereocenters. The van der Waals surface area contributed by atoms with Crippen LogP contribution in [0.25, 0.3) is 5.69 Å². The summed E-state index contributed by atoms with van der Waals surface area (Å²) < 4.78 is 20.7. The lowest BCUT2D eigenvalue weighted by Crippen LogP contribution is -2.13. The number of rotatable bonds is 4. The molecule has 1 atom stereocenters. The van der Waals surface area contributed by atoms with E-state index < -0.39 is 0 Å². The molecule has 0 amide bonds. The topological polar surface area (TPSA) is 44.1 Å². The van der Waals surface area contributed by atoms with Crippen molar-refractivity contribution in [2.45, 2.75) is 25.4 Å². The van der Waals surface area contributed by atoms with Crippen molar-refractivity contribution in [3.05, 3.63) is 83.7 Å². The predicted octanol–water partition coefficient (Wildman–Crippen LogP) is 3.78. The lowest BCUT2D eigenvalue weighted by molar-refractivity contribution is -0.146. The van der Waals surface area contributed by atoms with Crippen LogP contribution in [0.3, 0.4) is 0 Å². The van der Waals surface area contributed by atoms with Crippen molar-refractivity contribution in [2.24, 2.45) is 0 Å². The van der Waals surface area contributed by atoms with Crippen LogP contribution in [0.4, 0.5) is 4.39 Å². The average molecular weight is 336 g/mol. The van der Waals surface area contributed by atoms with Crippen molar-refractivity contribution in [3.8, 4) is 5.69 Å². The van der Waals surface area contributed by atoms with Gasteiger partial charge < -0.3 is 9.30 Å². The number of halogens is 1. The first-order valence-corrected chi connectivity index (χ1v) is 8.23. The van der Waals surface area contributed by atoms with Crippen LogP contribution in [0.1, 0.15) is 29.0 Å². The van der Waals surface area contributed by atoms with E-state index >= 15 is 0 Å². The maximum Gasteiger partial charge on any atom is 0.313 e. The van der Waals surface area contributed by atoms with Gasteiger partial charge in [-0.1, -0.05) is 18.2 Å². The number of fused-ring (bicyclic) bond motifs is 1. The maximum absolute atomic E-state index is 13.3. The first-order chi connectivity index (χ1) is 12.2. The first-order valence-electron chi connectivity index (χ1n) is 8.23. The van der Waals surface area contributed by atoms with Crippen LogP contribution in [0.5, 0.6) is 0 Å². The highest BCUT2D eigenvalue weighted by Gasteiger charge is 2.30. The van der Waals surface area contributed by atoms with Gasteiger partial charge in [0.1, 0.15) is 12.4 Å². The summed E-state index contributed by atoms with van der Waals surface area (Å²) in [4.78, 5) is 16.4. The molecule has 1 aromatic heterocycles. The molecular weight excluding hydrogens is 319 g/mol. The summed E-state index contributed by atoms with van der Waals surface area (Å²) in [5, 5.41) is 0. The Hall–Kier alpha value is -2.95. The van der Waals surface area contributed by atoms with Gasteiger partial charge in [-0.2, -0.15) is 0 Å². The zero-order chi connectivity index (χ0) is 17.2. The number of benzene rings is 2. The minimum Gasteiger partial charge on any atom is -0.460 e. The van der Waals surface area contributed by atoms with Crippen molar-refractivity contribution in [1.82, 2.24) is 9.55 Å². The van der Waals surface area contributed by atoms with Crippen molar-refractivity contribution in [2.75, 3.05) is 0 Å². The normalized spacial score (nSPS) is 15.8. The molecule has 4 rings (SSSR count). The molecule has 1 aliphatic carbocycles. The molecule has 0 saturated carbocycles. The molecule has 25 heavy (non-hydrogen) atoms. The summed E-state index contributed by atoms with van der Waals surface area (Å²) >= 11 is 0. The lowest BCUT2D eigenvalue weighted by atomic mass is 10.0. The second-order valence-corrected chi connectivity index (χ2v) is 6.18. The molecule has 0 radical (unpaired) electrons. The fourth-order valence-corrected chi connectivity index (χ4v) is 3.26. The van der Waals surface area contributed by atoms with Crippen LogP contribution in [0.2, 0.25) is 0 Å². The molecule has 126 valence electrons. The molecule has 2 aromatic carbocycles. The Morgan fingerprint density at radius 3 is 2.84 bits per heavy atom. The number of carbonyl (C=O) groups is 1. The minimum absolute atomic E-state index is 0.232. The van der Waals surface area contributed by atoms with E-state index in [0.717, 1.165) is 22.4 Å². The van der Waals surface area contributed by atoms with E-state index in [1.807, 2.05) is 35.0 Å². The summed E-state index contributed by atoms with van der Waals surface area (Å²) in [5.74, 6) is -0.796. The third-order valence-corrected chi connectivity index (χ3v) is 4.59. The van der Waals surface area contributed by atoms with Gasteiger partial charge in [0.25, 0.3) is 0 Å². The Labute approximate surface area is 144 Å². The van der Waals surface area contributed by atoms with Crippen LogP contribution in [-0.4, -0.2) is 15.5 Å². The fourth-order valence-electron chi connectivity index (χ4n) is 3.26. The van der Waals surface area contributed by atoms with Crippen molar-refractivity contribution in [3.63, 3.8) is 0 Å². The van der Waals surface area contributed by atoms with Gasteiger partial charge in [-0.25, -0.2) is 9.37 Å². The number of aromatic nitrogens is 2. The second-order valence-electron chi connectivity index (χ2n) is 6.18. The third kappa shape index (κ3) is 3.18. The van der Waals surface area contributed by atoms with E-state index in [-0.39, 0.29) is 24.3 Å². The number of nitrogens with zero attached hydrogens (tertiary/aromatic N) is 2. The lowest BCUT2D eigenvalue weighted by Gasteiger charge is -2.12. The Kier molecular flexibility index (Phi) is 4.06. The van der Waals surface area contributed by atoms with Gasteiger partial charge in [-0.05, 0) is 53.8 Å². The molecule has 1 heterocycles. The highest BCUT2D eigenvalue weighted by Crippen LogP contribution is 2.34. The van der Waals surface area contributed by atoms with E-state index in [1.54, 1.807) is 18.6 Å². The third-order valence-electron chi connectivity index (χ3n) is 4.59.